The lowest BCUT2D eigenvalue weighted by atomic mass is 9.89. The van der Waals surface area contributed by atoms with Gasteiger partial charge in [-0.3, -0.25) is 0 Å². The molecule has 3 atom stereocenters. The molecule has 3 unspecified atom stereocenters. The van der Waals surface area contributed by atoms with Crippen molar-refractivity contribution in [1.29, 1.82) is 0 Å². The first kappa shape index (κ1) is 11.0. The van der Waals surface area contributed by atoms with E-state index in [9.17, 15) is 0 Å². The van der Waals surface area contributed by atoms with Gasteiger partial charge in [0, 0.05) is 12.1 Å². The SMILES string of the molecule is NC1(COCC2CC3CCC2C3)CCCC1. The Bertz CT molecular complexity index is 247. The van der Waals surface area contributed by atoms with E-state index in [1.54, 1.807) is 0 Å². The van der Waals surface area contributed by atoms with Gasteiger partial charge in [0.2, 0.25) is 0 Å². The number of hydrogen-bond donors (Lipinski definition) is 1. The van der Waals surface area contributed by atoms with Gasteiger partial charge in [-0.05, 0) is 49.9 Å². The second kappa shape index (κ2) is 4.30. The third-order valence-corrected chi connectivity index (χ3v) is 5.21. The van der Waals surface area contributed by atoms with E-state index in [1.807, 2.05) is 0 Å². The van der Waals surface area contributed by atoms with Crippen LogP contribution in [-0.2, 0) is 4.74 Å². The Labute approximate surface area is 98.9 Å². The molecule has 2 N–H and O–H groups in total. The first-order valence-electron chi connectivity index (χ1n) is 7.12. The van der Waals surface area contributed by atoms with E-state index < -0.39 is 0 Å². The lowest BCUT2D eigenvalue weighted by molar-refractivity contribution is 0.0464. The van der Waals surface area contributed by atoms with Crippen LogP contribution in [0.15, 0.2) is 0 Å². The molecule has 0 heterocycles. The van der Waals surface area contributed by atoms with Crippen molar-refractivity contribution in [3.63, 3.8) is 0 Å². The molecule has 2 bridgehead atoms. The van der Waals surface area contributed by atoms with E-state index >= 15 is 0 Å². The van der Waals surface area contributed by atoms with Crippen molar-refractivity contribution in [3.05, 3.63) is 0 Å². The monoisotopic (exact) mass is 223 g/mol. The van der Waals surface area contributed by atoms with Gasteiger partial charge in [0.15, 0.2) is 0 Å². The molecule has 16 heavy (non-hydrogen) atoms. The molecule has 3 saturated carbocycles. The highest BCUT2D eigenvalue weighted by Gasteiger charge is 2.39. The summed E-state index contributed by atoms with van der Waals surface area (Å²) in [6, 6.07) is 0. The summed E-state index contributed by atoms with van der Waals surface area (Å²) in [6.07, 6.45) is 10.8. The minimum atomic E-state index is 0.0254. The zero-order chi connectivity index (χ0) is 11.0. The van der Waals surface area contributed by atoms with Crippen molar-refractivity contribution < 1.29 is 4.74 Å². The highest BCUT2D eigenvalue weighted by molar-refractivity contribution is 4.91. The summed E-state index contributed by atoms with van der Waals surface area (Å²) in [6.45, 7) is 1.79. The van der Waals surface area contributed by atoms with Crippen LogP contribution in [0.2, 0.25) is 0 Å². The summed E-state index contributed by atoms with van der Waals surface area (Å²) >= 11 is 0. The summed E-state index contributed by atoms with van der Waals surface area (Å²) in [7, 11) is 0. The van der Waals surface area contributed by atoms with E-state index in [0.29, 0.717) is 0 Å². The van der Waals surface area contributed by atoms with Crippen LogP contribution in [0.25, 0.3) is 0 Å². The fourth-order valence-corrected chi connectivity index (χ4v) is 4.22. The standard InChI is InChI=1S/C14H25NO/c15-14(5-1-2-6-14)10-16-9-13-8-11-3-4-12(13)7-11/h11-13H,1-10,15H2. The molecular weight excluding hydrogens is 198 g/mol. The molecule has 2 heteroatoms. The molecule has 3 fully saturated rings. The quantitative estimate of drug-likeness (QED) is 0.795. The Morgan fingerprint density at radius 3 is 2.56 bits per heavy atom. The molecular formula is C14H25NO. The maximum atomic E-state index is 6.29. The zero-order valence-corrected chi connectivity index (χ0v) is 10.3. The van der Waals surface area contributed by atoms with Gasteiger partial charge in [0.05, 0.1) is 6.61 Å². The van der Waals surface area contributed by atoms with E-state index in [0.717, 1.165) is 31.0 Å². The number of ether oxygens (including phenoxy) is 1. The Morgan fingerprint density at radius 2 is 1.94 bits per heavy atom. The third-order valence-electron chi connectivity index (χ3n) is 5.21. The highest BCUT2D eigenvalue weighted by atomic mass is 16.5. The third kappa shape index (κ3) is 2.14. The van der Waals surface area contributed by atoms with E-state index in [1.165, 1.54) is 51.4 Å². The van der Waals surface area contributed by atoms with Crippen LogP contribution in [0.5, 0.6) is 0 Å². The molecule has 92 valence electrons. The molecule has 3 rings (SSSR count). The molecule has 0 aromatic heterocycles. The lowest BCUT2D eigenvalue weighted by Gasteiger charge is -2.26. The minimum Gasteiger partial charge on any atom is -0.379 e. The van der Waals surface area contributed by atoms with Crippen molar-refractivity contribution >= 4 is 0 Å². The smallest absolute Gasteiger partial charge is 0.0646 e. The second-order valence-electron chi connectivity index (χ2n) is 6.52. The Kier molecular flexibility index (Phi) is 2.97. The molecule has 3 aliphatic carbocycles. The van der Waals surface area contributed by atoms with Crippen molar-refractivity contribution in [3.8, 4) is 0 Å². The van der Waals surface area contributed by atoms with Crippen LogP contribution in [0, 0.1) is 17.8 Å². The van der Waals surface area contributed by atoms with Crippen molar-refractivity contribution in [2.75, 3.05) is 13.2 Å². The van der Waals surface area contributed by atoms with Gasteiger partial charge in [0.1, 0.15) is 0 Å². The van der Waals surface area contributed by atoms with Gasteiger partial charge in [-0.2, -0.15) is 0 Å². The normalized spacial score (nSPS) is 40.7. The molecule has 0 aromatic rings. The predicted octanol–water partition coefficient (Wildman–Crippen LogP) is 2.71. The maximum absolute atomic E-state index is 6.29. The summed E-state index contributed by atoms with van der Waals surface area (Å²) in [4.78, 5) is 0. The molecule has 3 aliphatic rings. The Hall–Kier alpha value is -0.0800. The average Bonchev–Trinajstić information content (AvgIpc) is 2.94. The second-order valence-corrected chi connectivity index (χ2v) is 6.52. The minimum absolute atomic E-state index is 0.0254. The number of fused-ring (bicyclic) bond motifs is 2. The lowest BCUT2D eigenvalue weighted by Crippen LogP contribution is -2.42. The van der Waals surface area contributed by atoms with E-state index in [2.05, 4.69) is 0 Å². The van der Waals surface area contributed by atoms with Crippen LogP contribution in [0.4, 0.5) is 0 Å². The molecule has 0 aromatic carbocycles. The number of rotatable bonds is 4. The number of hydrogen-bond acceptors (Lipinski definition) is 2. The summed E-state index contributed by atoms with van der Waals surface area (Å²) in [5.74, 6) is 2.89. The van der Waals surface area contributed by atoms with Crippen LogP contribution in [0.3, 0.4) is 0 Å². The van der Waals surface area contributed by atoms with Crippen LogP contribution < -0.4 is 5.73 Å². The molecule has 2 nitrogen and oxygen atoms in total. The fraction of sp³-hybridized carbons (Fsp3) is 1.00. The topological polar surface area (TPSA) is 35.2 Å². The summed E-state index contributed by atoms with van der Waals surface area (Å²) < 4.78 is 5.93. The van der Waals surface area contributed by atoms with Crippen LogP contribution >= 0.6 is 0 Å². The zero-order valence-electron chi connectivity index (χ0n) is 10.3. The van der Waals surface area contributed by atoms with Gasteiger partial charge in [-0.1, -0.05) is 19.3 Å². The fourth-order valence-electron chi connectivity index (χ4n) is 4.22. The van der Waals surface area contributed by atoms with Crippen LogP contribution in [-0.4, -0.2) is 18.8 Å². The molecule has 0 spiro atoms. The Balaban J connectivity index is 1.40. The molecule has 0 amide bonds. The van der Waals surface area contributed by atoms with Crippen molar-refractivity contribution in [1.82, 2.24) is 0 Å². The van der Waals surface area contributed by atoms with Gasteiger partial charge >= 0.3 is 0 Å². The van der Waals surface area contributed by atoms with E-state index in [4.69, 9.17) is 10.5 Å². The predicted molar refractivity (Wildman–Crippen MR) is 65.1 cm³/mol. The maximum Gasteiger partial charge on any atom is 0.0646 e. The summed E-state index contributed by atoms with van der Waals surface area (Å²) in [5.41, 5.74) is 6.32. The summed E-state index contributed by atoms with van der Waals surface area (Å²) in [5, 5.41) is 0. The van der Waals surface area contributed by atoms with E-state index in [-0.39, 0.29) is 5.54 Å². The first-order valence-corrected chi connectivity index (χ1v) is 7.12. The van der Waals surface area contributed by atoms with Gasteiger partial charge in [-0.15, -0.1) is 0 Å². The molecule has 0 aliphatic heterocycles. The van der Waals surface area contributed by atoms with Crippen molar-refractivity contribution in [2.24, 2.45) is 23.5 Å². The average molecular weight is 223 g/mol. The largest absolute Gasteiger partial charge is 0.379 e. The molecule has 0 radical (unpaired) electrons. The van der Waals surface area contributed by atoms with Gasteiger partial charge in [-0.25, -0.2) is 0 Å². The van der Waals surface area contributed by atoms with Gasteiger partial charge < -0.3 is 10.5 Å². The highest BCUT2D eigenvalue weighted by Crippen LogP contribution is 2.48. The van der Waals surface area contributed by atoms with Gasteiger partial charge in [0.25, 0.3) is 0 Å². The Morgan fingerprint density at radius 1 is 1.12 bits per heavy atom. The van der Waals surface area contributed by atoms with Crippen molar-refractivity contribution in [2.45, 2.75) is 56.9 Å². The number of nitrogens with two attached hydrogens (primary N) is 1. The van der Waals surface area contributed by atoms with Crippen LogP contribution in [0.1, 0.15) is 51.4 Å². The molecule has 0 saturated heterocycles. The first-order chi connectivity index (χ1) is 7.75.